The molecule has 0 fully saturated rings. The van der Waals surface area contributed by atoms with Crippen molar-refractivity contribution in [2.24, 2.45) is 0 Å². The van der Waals surface area contributed by atoms with Gasteiger partial charge in [-0.25, -0.2) is 4.98 Å². The van der Waals surface area contributed by atoms with Crippen LogP contribution in [0.3, 0.4) is 0 Å². The average molecular weight is 272 g/mol. The van der Waals surface area contributed by atoms with E-state index in [1.807, 2.05) is 6.92 Å². The maximum atomic E-state index is 5.97. The predicted molar refractivity (Wildman–Crippen MR) is 80.8 cm³/mol. The maximum absolute atomic E-state index is 5.97. The normalized spacial score (nSPS) is 10.3. The van der Waals surface area contributed by atoms with Crippen LogP contribution in [0, 0.1) is 0 Å². The zero-order valence-electron chi connectivity index (χ0n) is 11.9. The Morgan fingerprint density at radius 1 is 1.10 bits per heavy atom. The lowest BCUT2D eigenvalue weighted by Gasteiger charge is -2.11. The summed E-state index contributed by atoms with van der Waals surface area (Å²) in [4.78, 5) is 8.15. The summed E-state index contributed by atoms with van der Waals surface area (Å²) in [7, 11) is 0. The lowest BCUT2D eigenvalue weighted by atomic mass is 10.1. The van der Waals surface area contributed by atoms with Crippen molar-refractivity contribution < 1.29 is 4.74 Å². The van der Waals surface area contributed by atoms with Gasteiger partial charge in [0, 0.05) is 6.54 Å². The molecule has 2 rings (SSSR count). The Morgan fingerprint density at radius 2 is 1.80 bits per heavy atom. The van der Waals surface area contributed by atoms with Crippen LogP contribution in [0.1, 0.15) is 25.0 Å². The van der Waals surface area contributed by atoms with Crippen molar-refractivity contribution >= 4 is 11.5 Å². The third-order valence-corrected chi connectivity index (χ3v) is 3.02. The summed E-state index contributed by atoms with van der Waals surface area (Å²) in [5.74, 6) is 1.02. The van der Waals surface area contributed by atoms with Gasteiger partial charge >= 0.3 is 0 Å². The summed E-state index contributed by atoms with van der Waals surface area (Å²) in [5.41, 5.74) is 8.92. The van der Waals surface area contributed by atoms with Gasteiger partial charge in [-0.1, -0.05) is 31.2 Å². The van der Waals surface area contributed by atoms with Gasteiger partial charge in [-0.2, -0.15) is 4.98 Å². The van der Waals surface area contributed by atoms with E-state index in [-0.39, 0.29) is 0 Å². The van der Waals surface area contributed by atoms with Crippen molar-refractivity contribution in [1.82, 2.24) is 9.97 Å². The molecule has 5 heteroatoms. The first-order valence-electron chi connectivity index (χ1n) is 6.79. The molecule has 3 N–H and O–H groups in total. The largest absolute Gasteiger partial charge is 0.476 e. The van der Waals surface area contributed by atoms with Crippen LogP contribution in [0.25, 0.3) is 0 Å². The molecule has 106 valence electrons. The monoisotopic (exact) mass is 272 g/mol. The molecule has 0 radical (unpaired) electrons. The van der Waals surface area contributed by atoms with E-state index in [1.165, 1.54) is 17.5 Å². The Labute approximate surface area is 119 Å². The van der Waals surface area contributed by atoms with E-state index in [0.717, 1.165) is 6.42 Å². The van der Waals surface area contributed by atoms with E-state index in [2.05, 4.69) is 46.5 Å². The molecule has 0 aliphatic carbocycles. The number of hydrogen-bond donors (Lipinski definition) is 2. The van der Waals surface area contributed by atoms with E-state index in [4.69, 9.17) is 10.5 Å². The highest BCUT2D eigenvalue weighted by Gasteiger charge is 2.08. The lowest BCUT2D eigenvalue weighted by Crippen LogP contribution is -2.07. The molecule has 5 nitrogen and oxygen atoms in total. The first-order chi connectivity index (χ1) is 9.74. The summed E-state index contributed by atoms with van der Waals surface area (Å²) in [6.07, 6.45) is 2.49. The van der Waals surface area contributed by atoms with E-state index >= 15 is 0 Å². The molecule has 0 unspecified atom stereocenters. The molecule has 0 aliphatic heterocycles. The number of ether oxygens (including phenoxy) is 1. The van der Waals surface area contributed by atoms with Gasteiger partial charge in [-0.15, -0.1) is 0 Å². The van der Waals surface area contributed by atoms with Crippen LogP contribution in [0.2, 0.25) is 0 Å². The maximum Gasteiger partial charge on any atom is 0.242 e. The van der Waals surface area contributed by atoms with Gasteiger partial charge in [0.05, 0.1) is 6.61 Å². The number of rotatable bonds is 6. The van der Waals surface area contributed by atoms with E-state index in [1.54, 1.807) is 0 Å². The first kappa shape index (κ1) is 14.1. The van der Waals surface area contributed by atoms with Gasteiger partial charge in [-0.05, 0) is 24.5 Å². The minimum absolute atomic E-state index is 0.423. The molecule has 0 atom stereocenters. The van der Waals surface area contributed by atoms with Crippen LogP contribution in [0.4, 0.5) is 11.5 Å². The zero-order chi connectivity index (χ0) is 14.4. The fraction of sp³-hybridized carbons (Fsp3) is 0.333. The third kappa shape index (κ3) is 3.38. The fourth-order valence-electron chi connectivity index (χ4n) is 1.85. The van der Waals surface area contributed by atoms with Crippen molar-refractivity contribution in [2.45, 2.75) is 26.8 Å². The number of aryl methyl sites for hydroxylation is 1. The van der Waals surface area contributed by atoms with Crippen LogP contribution >= 0.6 is 0 Å². The van der Waals surface area contributed by atoms with Gasteiger partial charge in [0.15, 0.2) is 5.82 Å². The topological polar surface area (TPSA) is 73.1 Å². The highest BCUT2D eigenvalue weighted by atomic mass is 16.5. The summed E-state index contributed by atoms with van der Waals surface area (Å²) in [6, 6.07) is 8.47. The molecular formula is C15H20N4O. The molecule has 1 aromatic carbocycles. The third-order valence-electron chi connectivity index (χ3n) is 3.02. The summed E-state index contributed by atoms with van der Waals surface area (Å²) < 4.78 is 5.34. The SMILES string of the molecule is CCOc1ncnc(NCc2ccc(CC)cc2)c1N. The predicted octanol–water partition coefficient (Wildman–Crippen LogP) is 2.63. The second-order valence-electron chi connectivity index (χ2n) is 4.40. The zero-order valence-corrected chi connectivity index (χ0v) is 11.9. The van der Waals surface area contributed by atoms with Gasteiger partial charge in [-0.3, -0.25) is 0 Å². The van der Waals surface area contributed by atoms with Gasteiger partial charge in [0.1, 0.15) is 12.0 Å². The van der Waals surface area contributed by atoms with Crippen LogP contribution in [-0.4, -0.2) is 16.6 Å². The molecule has 0 bridgehead atoms. The molecule has 2 aromatic rings. The molecule has 0 spiro atoms. The first-order valence-corrected chi connectivity index (χ1v) is 6.79. The molecule has 1 heterocycles. The number of nitrogen functional groups attached to an aromatic ring is 1. The molecule has 0 amide bonds. The number of benzene rings is 1. The summed E-state index contributed by atoms with van der Waals surface area (Å²) >= 11 is 0. The van der Waals surface area contributed by atoms with Crippen LogP contribution in [-0.2, 0) is 13.0 Å². The highest BCUT2D eigenvalue weighted by Crippen LogP contribution is 2.24. The van der Waals surface area contributed by atoms with Crippen molar-refractivity contribution in [3.8, 4) is 5.88 Å². The Bertz CT molecular complexity index is 554. The Balaban J connectivity index is 2.04. The van der Waals surface area contributed by atoms with E-state index < -0.39 is 0 Å². The minimum atomic E-state index is 0.423. The van der Waals surface area contributed by atoms with E-state index in [0.29, 0.717) is 30.5 Å². The molecule has 0 saturated heterocycles. The van der Waals surface area contributed by atoms with Crippen molar-refractivity contribution in [2.75, 3.05) is 17.7 Å². The van der Waals surface area contributed by atoms with Crippen LogP contribution < -0.4 is 15.8 Å². The molecule has 20 heavy (non-hydrogen) atoms. The van der Waals surface area contributed by atoms with Gasteiger partial charge in [0.2, 0.25) is 5.88 Å². The van der Waals surface area contributed by atoms with Crippen LogP contribution in [0.15, 0.2) is 30.6 Å². The molecule has 0 saturated carbocycles. The molecular weight excluding hydrogens is 252 g/mol. The summed E-state index contributed by atoms with van der Waals surface area (Å²) in [6.45, 7) is 5.23. The molecule has 0 aliphatic rings. The fourth-order valence-corrected chi connectivity index (χ4v) is 1.85. The van der Waals surface area contributed by atoms with Gasteiger partial charge < -0.3 is 15.8 Å². The second-order valence-corrected chi connectivity index (χ2v) is 4.40. The number of nitrogens with one attached hydrogen (secondary N) is 1. The number of hydrogen-bond acceptors (Lipinski definition) is 5. The summed E-state index contributed by atoms with van der Waals surface area (Å²) in [5, 5.41) is 3.21. The number of nitrogens with two attached hydrogens (primary N) is 1. The van der Waals surface area contributed by atoms with Gasteiger partial charge in [0.25, 0.3) is 0 Å². The molecule has 1 aromatic heterocycles. The standard InChI is InChI=1S/C15H20N4O/c1-3-11-5-7-12(8-6-11)9-17-14-13(16)15(20-4-2)19-10-18-14/h5-8,10H,3-4,9,16H2,1-2H3,(H,17,18,19). The smallest absolute Gasteiger partial charge is 0.242 e. The second kappa shape index (κ2) is 6.75. The Hall–Kier alpha value is -2.30. The Kier molecular flexibility index (Phi) is 4.76. The van der Waals surface area contributed by atoms with Crippen LogP contribution in [0.5, 0.6) is 5.88 Å². The lowest BCUT2D eigenvalue weighted by molar-refractivity contribution is 0.328. The Morgan fingerprint density at radius 3 is 2.45 bits per heavy atom. The van der Waals surface area contributed by atoms with Crippen molar-refractivity contribution in [3.05, 3.63) is 41.7 Å². The minimum Gasteiger partial charge on any atom is -0.476 e. The average Bonchev–Trinajstić information content (AvgIpc) is 2.49. The quantitative estimate of drug-likeness (QED) is 0.845. The van der Waals surface area contributed by atoms with Crippen molar-refractivity contribution in [3.63, 3.8) is 0 Å². The number of anilines is 2. The number of aromatic nitrogens is 2. The van der Waals surface area contributed by atoms with Crippen molar-refractivity contribution in [1.29, 1.82) is 0 Å². The number of nitrogens with zero attached hydrogens (tertiary/aromatic N) is 2. The van der Waals surface area contributed by atoms with E-state index in [9.17, 15) is 0 Å². The highest BCUT2D eigenvalue weighted by molar-refractivity contribution is 5.66.